The molecule has 2 saturated heterocycles. The molecule has 222 valence electrons. The highest BCUT2D eigenvalue weighted by Gasteiger charge is 2.69. The molecule has 2 fully saturated rings. The van der Waals surface area contributed by atoms with Gasteiger partial charge in [0.25, 0.3) is 0 Å². The smallest absolute Gasteiger partial charge is 0.166 e. The summed E-state index contributed by atoms with van der Waals surface area (Å²) in [7, 11) is 8.26. The van der Waals surface area contributed by atoms with Gasteiger partial charge in [0.1, 0.15) is 12.2 Å². The molecule has 5 heterocycles. The summed E-state index contributed by atoms with van der Waals surface area (Å²) in [5.74, 6) is 4.83. The SMILES string of the molecule is COc1ccc2c3c1O[C@H]1c4[nH]c5c(c4C[C@H]4C(C2)N(C)CC[C@]314)C[C@H]1[C@H]2Cc3ccc(OC)c4c3[C@@]1(CCN2C)[C@H]5O4. The average molecular weight is 578 g/mol. The van der Waals surface area contributed by atoms with Crippen molar-refractivity contribution < 1.29 is 18.9 Å². The van der Waals surface area contributed by atoms with Crippen LogP contribution in [0.3, 0.4) is 0 Å². The van der Waals surface area contributed by atoms with E-state index in [-0.39, 0.29) is 23.0 Å². The first-order chi connectivity index (χ1) is 21.0. The van der Waals surface area contributed by atoms with E-state index in [4.69, 9.17) is 18.9 Å². The molecule has 8 atom stereocenters. The molecule has 7 heteroatoms. The number of nitrogens with zero attached hydrogens (tertiary/aromatic N) is 2. The molecule has 4 bridgehead atoms. The predicted octanol–water partition coefficient (Wildman–Crippen LogP) is 4.64. The van der Waals surface area contributed by atoms with Crippen molar-refractivity contribution in [1.82, 2.24) is 14.8 Å². The summed E-state index contributed by atoms with van der Waals surface area (Å²) in [4.78, 5) is 9.41. The van der Waals surface area contributed by atoms with Crippen LogP contribution in [0.15, 0.2) is 24.3 Å². The Kier molecular flexibility index (Phi) is 4.25. The van der Waals surface area contributed by atoms with Crippen molar-refractivity contribution >= 4 is 0 Å². The van der Waals surface area contributed by atoms with E-state index in [2.05, 4.69) is 53.1 Å². The van der Waals surface area contributed by atoms with Gasteiger partial charge in [-0.25, -0.2) is 0 Å². The molecule has 43 heavy (non-hydrogen) atoms. The molecule has 0 saturated carbocycles. The number of methoxy groups -OCH3 is 2. The summed E-state index contributed by atoms with van der Waals surface area (Å²) in [6, 6.07) is 9.95. The molecular formula is C36H39N3O4. The number of likely N-dealkylation sites (tertiary alicyclic amines) is 2. The molecule has 1 aromatic heterocycles. The molecule has 7 nitrogen and oxygen atoms in total. The van der Waals surface area contributed by atoms with Gasteiger partial charge in [-0.3, -0.25) is 0 Å². The molecular weight excluding hydrogens is 538 g/mol. The van der Waals surface area contributed by atoms with Crippen LogP contribution < -0.4 is 18.9 Å². The van der Waals surface area contributed by atoms with E-state index in [9.17, 15) is 0 Å². The maximum Gasteiger partial charge on any atom is 0.166 e. The van der Waals surface area contributed by atoms with E-state index in [1.165, 1.54) is 44.8 Å². The fourth-order valence-electron chi connectivity index (χ4n) is 12.1. The van der Waals surface area contributed by atoms with Crippen LogP contribution in [0.5, 0.6) is 23.0 Å². The van der Waals surface area contributed by atoms with Crippen LogP contribution in [-0.4, -0.2) is 68.3 Å². The zero-order valence-electron chi connectivity index (χ0n) is 25.5. The molecule has 4 aliphatic carbocycles. The third-order valence-corrected chi connectivity index (χ3v) is 13.8. The fraction of sp³-hybridized carbons (Fsp3) is 0.556. The highest BCUT2D eigenvalue weighted by atomic mass is 16.5. The number of aromatic amines is 1. The lowest BCUT2D eigenvalue weighted by molar-refractivity contribution is -0.0266. The Morgan fingerprint density at radius 3 is 1.60 bits per heavy atom. The van der Waals surface area contributed by atoms with E-state index in [0.29, 0.717) is 23.9 Å². The molecule has 4 aliphatic heterocycles. The van der Waals surface area contributed by atoms with Crippen molar-refractivity contribution in [1.29, 1.82) is 0 Å². The summed E-state index contributed by atoms with van der Waals surface area (Å²) in [6.45, 7) is 2.21. The van der Waals surface area contributed by atoms with Crippen LogP contribution in [-0.2, 0) is 36.5 Å². The molecule has 0 amide bonds. The van der Waals surface area contributed by atoms with Crippen LogP contribution in [0.4, 0.5) is 0 Å². The van der Waals surface area contributed by atoms with Gasteiger partial charge in [0.05, 0.1) is 25.6 Å². The molecule has 0 radical (unpaired) electrons. The number of likely N-dealkylation sites (N-methyl/N-ethyl adjacent to an activating group) is 2. The van der Waals surface area contributed by atoms with Gasteiger partial charge in [-0.1, -0.05) is 12.1 Å². The summed E-state index contributed by atoms with van der Waals surface area (Å²) >= 11 is 0. The minimum atomic E-state index is -0.0103. The van der Waals surface area contributed by atoms with Crippen molar-refractivity contribution in [3.63, 3.8) is 0 Å². The number of hydrogen-bond acceptors (Lipinski definition) is 6. The maximum absolute atomic E-state index is 7.17. The van der Waals surface area contributed by atoms with Gasteiger partial charge in [-0.2, -0.15) is 0 Å². The largest absolute Gasteiger partial charge is 0.493 e. The number of nitrogens with one attached hydrogen (secondary N) is 1. The highest BCUT2D eigenvalue weighted by molar-refractivity contribution is 5.66. The Balaban J connectivity index is 1.15. The number of fused-ring (bicyclic) bond motifs is 5. The summed E-state index contributed by atoms with van der Waals surface area (Å²) in [5.41, 5.74) is 11.5. The van der Waals surface area contributed by atoms with Crippen LogP contribution in [0.2, 0.25) is 0 Å². The second kappa shape index (κ2) is 7.55. The third kappa shape index (κ3) is 2.44. The van der Waals surface area contributed by atoms with Gasteiger partial charge in [0, 0.05) is 34.0 Å². The Morgan fingerprint density at radius 2 is 1.16 bits per heavy atom. The van der Waals surface area contributed by atoms with E-state index in [1.54, 1.807) is 14.2 Å². The predicted molar refractivity (Wildman–Crippen MR) is 161 cm³/mol. The first kappa shape index (κ1) is 24.2. The van der Waals surface area contributed by atoms with Crippen molar-refractivity contribution in [2.75, 3.05) is 41.4 Å². The zero-order valence-corrected chi connectivity index (χ0v) is 25.5. The lowest BCUT2D eigenvalue weighted by atomic mass is 9.50. The molecule has 8 aliphatic rings. The van der Waals surface area contributed by atoms with Crippen LogP contribution in [0, 0.1) is 11.8 Å². The molecule has 2 aromatic carbocycles. The number of rotatable bonds is 2. The number of piperidine rings is 2. The summed E-state index contributed by atoms with van der Waals surface area (Å²) in [6.07, 6.45) is 6.63. The maximum atomic E-state index is 7.17. The van der Waals surface area contributed by atoms with Crippen molar-refractivity contribution in [3.8, 4) is 23.0 Å². The Bertz CT molecular complexity index is 1650. The normalized spacial score (nSPS) is 38.3. The number of H-pyrrole nitrogens is 1. The van der Waals surface area contributed by atoms with Gasteiger partial charge in [-0.15, -0.1) is 0 Å². The van der Waals surface area contributed by atoms with Gasteiger partial charge in [0.15, 0.2) is 23.0 Å². The van der Waals surface area contributed by atoms with Crippen LogP contribution in [0.25, 0.3) is 0 Å². The molecule has 2 spiro atoms. The zero-order chi connectivity index (χ0) is 28.6. The van der Waals surface area contributed by atoms with Gasteiger partial charge < -0.3 is 33.7 Å². The Hall–Kier alpha value is -3.16. The highest BCUT2D eigenvalue weighted by Crippen LogP contribution is 2.71. The Labute approximate surface area is 252 Å². The van der Waals surface area contributed by atoms with Gasteiger partial charge in [-0.05, 0) is 112 Å². The number of aromatic nitrogens is 1. The van der Waals surface area contributed by atoms with Crippen molar-refractivity contribution in [2.24, 2.45) is 11.8 Å². The monoisotopic (exact) mass is 577 g/mol. The number of hydrogen-bond donors (Lipinski definition) is 1. The molecule has 1 N–H and O–H groups in total. The van der Waals surface area contributed by atoms with E-state index in [0.717, 1.165) is 74.6 Å². The van der Waals surface area contributed by atoms with Gasteiger partial charge in [0.2, 0.25) is 0 Å². The number of ether oxygens (including phenoxy) is 4. The number of benzene rings is 2. The molecule has 11 rings (SSSR count). The van der Waals surface area contributed by atoms with E-state index >= 15 is 0 Å². The van der Waals surface area contributed by atoms with E-state index < -0.39 is 0 Å². The topological polar surface area (TPSA) is 59.2 Å². The van der Waals surface area contributed by atoms with Crippen molar-refractivity contribution in [3.05, 3.63) is 69.0 Å². The minimum Gasteiger partial charge on any atom is -0.493 e. The minimum absolute atomic E-state index is 0.00781. The van der Waals surface area contributed by atoms with Crippen molar-refractivity contribution in [2.45, 2.75) is 73.6 Å². The second-order valence-electron chi connectivity index (χ2n) is 14.9. The second-order valence-corrected chi connectivity index (χ2v) is 14.9. The van der Waals surface area contributed by atoms with Gasteiger partial charge >= 0.3 is 0 Å². The summed E-state index contributed by atoms with van der Waals surface area (Å²) in [5, 5.41) is 0. The van der Waals surface area contributed by atoms with Crippen LogP contribution in [0.1, 0.15) is 69.8 Å². The summed E-state index contributed by atoms with van der Waals surface area (Å²) < 4.78 is 26.2. The standard InChI is InChI=1S/C36H39N3O4/c1-38-11-9-35-21-15-19-20-16-22-24-14-18-6-8-26(41-4)32-28(18)36(22,10-12-39(24)2)34(43-32)30(20)37-29(19)33(35)42-31-25(40-3)7-5-17(27(31)35)13-23(21)38/h5-8,21-24,33-34,37H,9-16H2,1-4H3/t21-,22-,23+,24?,33-,34-,35-,36-/m0/s1. The average Bonchev–Trinajstić information content (AvgIpc) is 3.67. The molecule has 1 unspecified atom stereocenters. The Morgan fingerprint density at radius 1 is 0.698 bits per heavy atom. The lowest BCUT2D eigenvalue weighted by Crippen LogP contribution is -2.62. The first-order valence-corrected chi connectivity index (χ1v) is 16.4. The lowest BCUT2D eigenvalue weighted by Gasteiger charge is -2.58. The van der Waals surface area contributed by atoms with E-state index in [1.807, 2.05) is 0 Å². The molecule has 3 aromatic rings. The first-order valence-electron chi connectivity index (χ1n) is 16.4. The third-order valence-electron chi connectivity index (χ3n) is 13.8. The fourth-order valence-corrected chi connectivity index (χ4v) is 12.1. The quantitative estimate of drug-likeness (QED) is 0.479. The van der Waals surface area contributed by atoms with Crippen LogP contribution >= 0.6 is 0 Å².